The highest BCUT2D eigenvalue weighted by Gasteiger charge is 2.38. The largest absolute Gasteiger partial charge is 0.448 e. The molecule has 2 fully saturated rings. The lowest BCUT2D eigenvalue weighted by Gasteiger charge is -2.40. The van der Waals surface area contributed by atoms with Crippen LogP contribution >= 0.6 is 0 Å². The van der Waals surface area contributed by atoms with Crippen LogP contribution in [0.1, 0.15) is 25.7 Å². The highest BCUT2D eigenvalue weighted by Crippen LogP contribution is 2.35. The molecule has 1 spiro atoms. The third-order valence-electron chi connectivity index (χ3n) is 3.84. The van der Waals surface area contributed by atoms with E-state index in [4.69, 9.17) is 9.47 Å². The summed E-state index contributed by atoms with van der Waals surface area (Å²) in [4.78, 5) is 15.1. The van der Waals surface area contributed by atoms with Gasteiger partial charge in [-0.25, -0.2) is 4.79 Å². The summed E-state index contributed by atoms with van der Waals surface area (Å²) in [6.45, 7) is 4.02. The summed E-state index contributed by atoms with van der Waals surface area (Å²) in [5.41, 5.74) is 0.101. The first-order valence-corrected chi connectivity index (χ1v) is 6.82. The second kappa shape index (κ2) is 5.89. The number of ether oxygens (including phenoxy) is 2. The lowest BCUT2D eigenvalue weighted by atomic mass is 10.00. The number of amides is 1. The Morgan fingerprint density at radius 3 is 2.78 bits per heavy atom. The molecule has 5 nitrogen and oxygen atoms in total. The third-order valence-corrected chi connectivity index (χ3v) is 3.84. The van der Waals surface area contributed by atoms with E-state index in [0.29, 0.717) is 6.61 Å². The van der Waals surface area contributed by atoms with Gasteiger partial charge in [-0.2, -0.15) is 0 Å². The zero-order valence-electron chi connectivity index (χ0n) is 11.5. The molecule has 2 rings (SSSR count). The van der Waals surface area contributed by atoms with Gasteiger partial charge in [0.05, 0.1) is 12.2 Å². The van der Waals surface area contributed by atoms with E-state index in [2.05, 4.69) is 4.90 Å². The Bertz CT molecular complexity index is 288. The standard InChI is InChI=1S/C13H24N2O3/c1-14(2)12(16)17-9-7-15-8-10-18-13(11-15)5-3-4-6-13/h3-11H2,1-2H3. The molecule has 0 aromatic rings. The number of carbonyl (C=O) groups is 1. The van der Waals surface area contributed by atoms with Crippen LogP contribution in [0.2, 0.25) is 0 Å². The van der Waals surface area contributed by atoms with Crippen LogP contribution in [-0.4, -0.2) is 68.4 Å². The second-order valence-corrected chi connectivity index (χ2v) is 5.52. The summed E-state index contributed by atoms with van der Waals surface area (Å²) < 4.78 is 11.1. The van der Waals surface area contributed by atoms with Crippen molar-refractivity contribution in [2.24, 2.45) is 0 Å². The second-order valence-electron chi connectivity index (χ2n) is 5.52. The molecule has 0 atom stereocenters. The summed E-state index contributed by atoms with van der Waals surface area (Å²) in [6, 6.07) is 0. The Morgan fingerprint density at radius 1 is 1.39 bits per heavy atom. The molecule has 104 valence electrons. The van der Waals surface area contributed by atoms with Crippen molar-refractivity contribution in [3.8, 4) is 0 Å². The molecule has 0 radical (unpaired) electrons. The fourth-order valence-corrected chi connectivity index (χ4v) is 2.83. The Balaban J connectivity index is 1.71. The fraction of sp³-hybridized carbons (Fsp3) is 0.923. The maximum Gasteiger partial charge on any atom is 0.409 e. The quantitative estimate of drug-likeness (QED) is 0.764. The van der Waals surface area contributed by atoms with Crippen LogP contribution < -0.4 is 0 Å². The minimum atomic E-state index is -0.265. The van der Waals surface area contributed by atoms with Crippen LogP contribution in [-0.2, 0) is 9.47 Å². The first-order chi connectivity index (χ1) is 8.61. The van der Waals surface area contributed by atoms with Gasteiger partial charge in [-0.3, -0.25) is 4.90 Å². The van der Waals surface area contributed by atoms with Gasteiger partial charge in [0.1, 0.15) is 6.61 Å². The molecule has 1 aliphatic heterocycles. The smallest absolute Gasteiger partial charge is 0.409 e. The van der Waals surface area contributed by atoms with E-state index < -0.39 is 0 Å². The average molecular weight is 256 g/mol. The zero-order valence-corrected chi connectivity index (χ0v) is 11.5. The molecule has 18 heavy (non-hydrogen) atoms. The third kappa shape index (κ3) is 3.36. The molecule has 1 aliphatic carbocycles. The van der Waals surface area contributed by atoms with Crippen molar-refractivity contribution in [3.63, 3.8) is 0 Å². The number of nitrogens with zero attached hydrogens (tertiary/aromatic N) is 2. The molecule has 5 heteroatoms. The molecule has 0 aromatic heterocycles. The Kier molecular flexibility index (Phi) is 4.45. The number of hydrogen-bond acceptors (Lipinski definition) is 4. The van der Waals surface area contributed by atoms with Gasteiger partial charge >= 0.3 is 6.09 Å². The van der Waals surface area contributed by atoms with E-state index in [0.717, 1.165) is 26.2 Å². The minimum Gasteiger partial charge on any atom is -0.448 e. The van der Waals surface area contributed by atoms with E-state index >= 15 is 0 Å². The highest BCUT2D eigenvalue weighted by molar-refractivity contribution is 5.66. The number of rotatable bonds is 3. The van der Waals surface area contributed by atoms with Crippen molar-refractivity contribution >= 4 is 6.09 Å². The topological polar surface area (TPSA) is 42.0 Å². The van der Waals surface area contributed by atoms with Crippen LogP contribution in [0.4, 0.5) is 4.79 Å². The van der Waals surface area contributed by atoms with Crippen molar-refractivity contribution < 1.29 is 14.3 Å². The molecule has 0 N–H and O–H groups in total. The van der Waals surface area contributed by atoms with Gasteiger partial charge in [-0.1, -0.05) is 12.8 Å². The van der Waals surface area contributed by atoms with Gasteiger partial charge in [0, 0.05) is 33.7 Å². The highest BCUT2D eigenvalue weighted by atomic mass is 16.6. The average Bonchev–Trinajstić information content (AvgIpc) is 2.77. The number of morpholine rings is 1. The SMILES string of the molecule is CN(C)C(=O)OCCN1CCOC2(CCCC2)C1. The molecular formula is C13H24N2O3. The monoisotopic (exact) mass is 256 g/mol. The van der Waals surface area contributed by atoms with Crippen LogP contribution in [0.3, 0.4) is 0 Å². The minimum absolute atomic E-state index is 0.101. The molecule has 1 heterocycles. The predicted octanol–water partition coefficient (Wildman–Crippen LogP) is 1.33. The number of hydrogen-bond donors (Lipinski definition) is 0. The van der Waals surface area contributed by atoms with E-state index in [1.165, 1.54) is 30.6 Å². The Hall–Kier alpha value is -0.810. The van der Waals surface area contributed by atoms with Gasteiger partial charge in [0.25, 0.3) is 0 Å². The van der Waals surface area contributed by atoms with Crippen molar-refractivity contribution in [1.82, 2.24) is 9.80 Å². The van der Waals surface area contributed by atoms with Crippen molar-refractivity contribution in [2.75, 3.05) is 46.9 Å². The number of carbonyl (C=O) groups excluding carboxylic acids is 1. The summed E-state index contributed by atoms with van der Waals surface area (Å²) in [5, 5.41) is 0. The van der Waals surface area contributed by atoms with Crippen LogP contribution in [0.5, 0.6) is 0 Å². The van der Waals surface area contributed by atoms with Gasteiger partial charge in [0.2, 0.25) is 0 Å². The van der Waals surface area contributed by atoms with Crippen LogP contribution in [0.15, 0.2) is 0 Å². The zero-order chi connectivity index (χ0) is 13.0. The van der Waals surface area contributed by atoms with E-state index in [9.17, 15) is 4.79 Å². The summed E-state index contributed by atoms with van der Waals surface area (Å²) in [7, 11) is 3.40. The lowest BCUT2D eigenvalue weighted by molar-refractivity contribution is -0.106. The van der Waals surface area contributed by atoms with Crippen LogP contribution in [0.25, 0.3) is 0 Å². The van der Waals surface area contributed by atoms with E-state index in [-0.39, 0.29) is 11.7 Å². The van der Waals surface area contributed by atoms with Crippen molar-refractivity contribution in [2.45, 2.75) is 31.3 Å². The fourth-order valence-electron chi connectivity index (χ4n) is 2.83. The first-order valence-electron chi connectivity index (χ1n) is 6.82. The van der Waals surface area contributed by atoms with E-state index in [1.54, 1.807) is 14.1 Å². The molecule has 2 aliphatic rings. The molecule has 1 saturated carbocycles. The maximum atomic E-state index is 11.3. The normalized spacial score (nSPS) is 23.2. The van der Waals surface area contributed by atoms with Gasteiger partial charge < -0.3 is 14.4 Å². The lowest BCUT2D eigenvalue weighted by Crippen LogP contribution is -2.51. The van der Waals surface area contributed by atoms with Crippen molar-refractivity contribution in [3.05, 3.63) is 0 Å². The van der Waals surface area contributed by atoms with Gasteiger partial charge in [0.15, 0.2) is 0 Å². The molecule has 0 aromatic carbocycles. The molecular weight excluding hydrogens is 232 g/mol. The predicted molar refractivity (Wildman–Crippen MR) is 68.6 cm³/mol. The van der Waals surface area contributed by atoms with E-state index in [1.807, 2.05) is 0 Å². The summed E-state index contributed by atoms with van der Waals surface area (Å²) >= 11 is 0. The molecule has 0 unspecified atom stereocenters. The van der Waals surface area contributed by atoms with Gasteiger partial charge in [-0.15, -0.1) is 0 Å². The summed E-state index contributed by atoms with van der Waals surface area (Å²) in [6.07, 6.45) is 4.66. The maximum absolute atomic E-state index is 11.3. The molecule has 1 amide bonds. The Morgan fingerprint density at radius 2 is 2.11 bits per heavy atom. The molecule has 0 bridgehead atoms. The first kappa shape index (κ1) is 13.6. The summed E-state index contributed by atoms with van der Waals surface area (Å²) in [5.74, 6) is 0. The van der Waals surface area contributed by atoms with Gasteiger partial charge in [-0.05, 0) is 12.8 Å². The van der Waals surface area contributed by atoms with Crippen LogP contribution in [0, 0.1) is 0 Å². The Labute approximate surface area is 109 Å². The van der Waals surface area contributed by atoms with Crippen molar-refractivity contribution in [1.29, 1.82) is 0 Å². The molecule has 1 saturated heterocycles.